The van der Waals surface area contributed by atoms with E-state index in [4.69, 9.17) is 0 Å². The molecule has 132 valence electrons. The zero-order valence-electron chi connectivity index (χ0n) is 14.7. The van der Waals surface area contributed by atoms with Crippen LogP contribution in [0.5, 0.6) is 0 Å². The Labute approximate surface area is 150 Å². The maximum absolute atomic E-state index is 13.4. The van der Waals surface area contributed by atoms with E-state index in [9.17, 15) is 8.42 Å². The predicted molar refractivity (Wildman–Crippen MR) is 100 cm³/mol. The first-order valence-electron chi connectivity index (χ1n) is 9.18. The summed E-state index contributed by atoms with van der Waals surface area (Å²) in [6.07, 6.45) is 5.08. The summed E-state index contributed by atoms with van der Waals surface area (Å²) in [4.78, 5) is 0.429. The van der Waals surface area contributed by atoms with Gasteiger partial charge in [0.05, 0.1) is 4.90 Å². The third-order valence-corrected chi connectivity index (χ3v) is 8.04. The third kappa shape index (κ3) is 2.72. The molecule has 0 amide bonds. The molecule has 0 N–H and O–H groups in total. The first kappa shape index (κ1) is 16.8. The molecule has 4 rings (SSSR count). The van der Waals surface area contributed by atoms with E-state index in [1.165, 1.54) is 5.56 Å². The highest BCUT2D eigenvalue weighted by molar-refractivity contribution is 7.89. The van der Waals surface area contributed by atoms with Crippen molar-refractivity contribution in [2.75, 3.05) is 6.54 Å². The number of hydrogen-bond acceptors (Lipinski definition) is 2. The van der Waals surface area contributed by atoms with Crippen LogP contribution in [0.1, 0.15) is 49.1 Å². The molecule has 2 aromatic carbocycles. The first-order valence-corrected chi connectivity index (χ1v) is 10.6. The lowest BCUT2D eigenvalue weighted by Crippen LogP contribution is -2.47. The molecule has 1 atom stereocenters. The molecular formula is C21H25NO2S. The van der Waals surface area contributed by atoms with E-state index in [1.807, 2.05) is 29.4 Å². The average Bonchev–Trinajstić information content (AvgIpc) is 3.25. The summed E-state index contributed by atoms with van der Waals surface area (Å²) in [5, 5.41) is 0. The molecule has 0 bridgehead atoms. The van der Waals surface area contributed by atoms with Crippen LogP contribution >= 0.6 is 0 Å². The first-order chi connectivity index (χ1) is 12.0. The fourth-order valence-electron chi connectivity index (χ4n) is 4.86. The Hall–Kier alpha value is -1.65. The van der Waals surface area contributed by atoms with E-state index in [-0.39, 0.29) is 5.54 Å². The number of sulfonamides is 1. The van der Waals surface area contributed by atoms with Gasteiger partial charge in [-0.15, -0.1) is 0 Å². The maximum atomic E-state index is 13.4. The molecule has 0 radical (unpaired) electrons. The highest BCUT2D eigenvalue weighted by Gasteiger charge is 2.55. The fraction of sp³-hybridized carbons (Fsp3) is 0.429. The zero-order chi connectivity index (χ0) is 17.5. The Morgan fingerprint density at radius 1 is 0.960 bits per heavy atom. The fourth-order valence-corrected chi connectivity index (χ4v) is 6.72. The Kier molecular flexibility index (Phi) is 4.20. The minimum Gasteiger partial charge on any atom is -0.207 e. The van der Waals surface area contributed by atoms with E-state index >= 15 is 0 Å². The van der Waals surface area contributed by atoms with E-state index in [2.05, 4.69) is 24.3 Å². The van der Waals surface area contributed by atoms with Crippen LogP contribution < -0.4 is 0 Å². The van der Waals surface area contributed by atoms with Crippen LogP contribution in [-0.2, 0) is 10.0 Å². The van der Waals surface area contributed by atoms with Crippen molar-refractivity contribution in [3.05, 3.63) is 65.7 Å². The highest BCUT2D eigenvalue weighted by atomic mass is 32.2. The molecule has 1 aliphatic carbocycles. The van der Waals surface area contributed by atoms with E-state index in [1.54, 1.807) is 12.1 Å². The number of nitrogens with zero attached hydrogens (tertiary/aromatic N) is 1. The van der Waals surface area contributed by atoms with E-state index in [0.717, 1.165) is 37.7 Å². The third-order valence-electron chi connectivity index (χ3n) is 6.05. The van der Waals surface area contributed by atoms with Crippen molar-refractivity contribution in [3.8, 4) is 0 Å². The number of benzene rings is 2. The van der Waals surface area contributed by atoms with Crippen molar-refractivity contribution < 1.29 is 8.42 Å². The van der Waals surface area contributed by atoms with Gasteiger partial charge in [0.25, 0.3) is 0 Å². The summed E-state index contributed by atoms with van der Waals surface area (Å²) < 4.78 is 28.7. The lowest BCUT2D eigenvalue weighted by atomic mass is 9.79. The largest absolute Gasteiger partial charge is 0.243 e. The molecule has 1 spiro atoms. The minimum atomic E-state index is -3.45. The second kappa shape index (κ2) is 6.26. The molecule has 2 aromatic rings. The molecule has 1 aliphatic heterocycles. The number of aryl methyl sites for hydroxylation is 1. The lowest BCUT2D eigenvalue weighted by Gasteiger charge is -2.38. The molecule has 1 unspecified atom stereocenters. The lowest BCUT2D eigenvalue weighted by molar-refractivity contribution is 0.225. The smallest absolute Gasteiger partial charge is 0.207 e. The summed E-state index contributed by atoms with van der Waals surface area (Å²) in [6.45, 7) is 2.60. The van der Waals surface area contributed by atoms with Crippen LogP contribution in [0.2, 0.25) is 0 Å². The van der Waals surface area contributed by atoms with Gasteiger partial charge >= 0.3 is 0 Å². The van der Waals surface area contributed by atoms with Crippen molar-refractivity contribution in [2.24, 2.45) is 0 Å². The van der Waals surface area contributed by atoms with Crippen LogP contribution in [0.3, 0.4) is 0 Å². The summed E-state index contributed by atoms with van der Waals surface area (Å²) in [7, 11) is -3.45. The van der Waals surface area contributed by atoms with Crippen LogP contribution in [0.4, 0.5) is 0 Å². The van der Waals surface area contributed by atoms with Gasteiger partial charge < -0.3 is 0 Å². The van der Waals surface area contributed by atoms with Crippen LogP contribution in [0.25, 0.3) is 0 Å². The summed E-state index contributed by atoms with van der Waals surface area (Å²) in [5.41, 5.74) is 2.12. The Balaban J connectivity index is 1.76. The van der Waals surface area contributed by atoms with E-state index in [0.29, 0.717) is 17.4 Å². The Morgan fingerprint density at radius 2 is 1.60 bits per heavy atom. The minimum absolute atomic E-state index is 0.245. The van der Waals surface area contributed by atoms with Crippen molar-refractivity contribution in [3.63, 3.8) is 0 Å². The average molecular weight is 356 g/mol. The standard InChI is InChI=1S/C21H25NO2S/c1-17-9-11-19(12-10-17)25(23,24)22-16-13-20(18-7-3-2-4-8-18)21(22)14-5-6-15-21/h2-4,7-12,20H,5-6,13-16H2,1H3. The van der Waals surface area contributed by atoms with Gasteiger partial charge in [0.15, 0.2) is 0 Å². The second-order valence-electron chi connectivity index (χ2n) is 7.45. The number of rotatable bonds is 3. The highest BCUT2D eigenvalue weighted by Crippen LogP contribution is 2.53. The summed E-state index contributed by atoms with van der Waals surface area (Å²) in [6, 6.07) is 17.8. The van der Waals surface area contributed by atoms with Crippen LogP contribution in [-0.4, -0.2) is 24.8 Å². The van der Waals surface area contributed by atoms with Gasteiger partial charge in [0, 0.05) is 18.0 Å². The molecule has 3 nitrogen and oxygen atoms in total. The van der Waals surface area contributed by atoms with Gasteiger partial charge in [-0.25, -0.2) is 8.42 Å². The zero-order valence-corrected chi connectivity index (χ0v) is 15.5. The molecule has 4 heteroatoms. The predicted octanol–water partition coefficient (Wildman–Crippen LogP) is 4.49. The van der Waals surface area contributed by atoms with Gasteiger partial charge in [-0.3, -0.25) is 0 Å². The van der Waals surface area contributed by atoms with Crippen LogP contribution in [0, 0.1) is 6.92 Å². The molecule has 0 aromatic heterocycles. The normalized spacial score (nSPS) is 23.3. The van der Waals surface area contributed by atoms with Crippen LogP contribution in [0.15, 0.2) is 59.5 Å². The topological polar surface area (TPSA) is 37.4 Å². The quantitative estimate of drug-likeness (QED) is 0.814. The van der Waals surface area contributed by atoms with Crippen molar-refractivity contribution in [1.82, 2.24) is 4.31 Å². The monoisotopic (exact) mass is 355 g/mol. The van der Waals surface area contributed by atoms with Gasteiger partial charge in [0.1, 0.15) is 0 Å². The molecule has 1 saturated heterocycles. The Bertz CT molecular complexity index is 837. The molecular weight excluding hydrogens is 330 g/mol. The van der Waals surface area contributed by atoms with Crippen molar-refractivity contribution >= 4 is 10.0 Å². The molecule has 2 aliphatic rings. The molecule has 1 saturated carbocycles. The van der Waals surface area contributed by atoms with Crippen molar-refractivity contribution in [2.45, 2.75) is 55.4 Å². The van der Waals surface area contributed by atoms with Crippen molar-refractivity contribution in [1.29, 1.82) is 0 Å². The SMILES string of the molecule is Cc1ccc(S(=O)(=O)N2CCC(c3ccccc3)C23CCCC3)cc1. The summed E-state index contributed by atoms with van der Waals surface area (Å²) in [5.74, 6) is 0.302. The summed E-state index contributed by atoms with van der Waals surface area (Å²) >= 11 is 0. The van der Waals surface area contributed by atoms with Gasteiger partial charge in [0.2, 0.25) is 10.0 Å². The Morgan fingerprint density at radius 3 is 2.24 bits per heavy atom. The van der Waals surface area contributed by atoms with Gasteiger partial charge in [-0.2, -0.15) is 4.31 Å². The molecule has 2 fully saturated rings. The van der Waals surface area contributed by atoms with Gasteiger partial charge in [-0.05, 0) is 43.9 Å². The van der Waals surface area contributed by atoms with E-state index < -0.39 is 10.0 Å². The number of hydrogen-bond donors (Lipinski definition) is 0. The molecule has 1 heterocycles. The molecule has 25 heavy (non-hydrogen) atoms. The second-order valence-corrected chi connectivity index (χ2v) is 9.32. The van der Waals surface area contributed by atoms with Gasteiger partial charge in [-0.1, -0.05) is 60.9 Å². The maximum Gasteiger partial charge on any atom is 0.243 e.